The first-order chi connectivity index (χ1) is 26.8. The maximum absolute atomic E-state index is 2.53. The van der Waals surface area contributed by atoms with Crippen molar-refractivity contribution >= 4 is 92.1 Å². The van der Waals surface area contributed by atoms with Crippen LogP contribution in [0, 0.1) is 0 Å². The molecule has 0 aliphatic heterocycles. The Morgan fingerprint density at radius 2 is 1.28 bits per heavy atom. The monoisotopic (exact) mass is 703 g/mol. The average molecular weight is 704 g/mol. The van der Waals surface area contributed by atoms with E-state index < -0.39 is 0 Å². The molecule has 0 unspecified atom stereocenters. The van der Waals surface area contributed by atoms with Crippen LogP contribution in [0.5, 0.6) is 0 Å². The minimum absolute atomic E-state index is 1.06. The van der Waals surface area contributed by atoms with E-state index in [9.17, 15) is 0 Å². The summed E-state index contributed by atoms with van der Waals surface area (Å²) in [4.78, 5) is 0. The molecule has 2 aliphatic carbocycles. The zero-order chi connectivity index (χ0) is 35.3. The van der Waals surface area contributed by atoms with E-state index in [4.69, 9.17) is 0 Å². The highest BCUT2D eigenvalue weighted by molar-refractivity contribution is 7.26. The molecule has 2 aromatic heterocycles. The molecule has 0 amide bonds. The number of allylic oxidation sites excluding steroid dienone is 5. The van der Waals surface area contributed by atoms with E-state index in [2.05, 4.69) is 181 Å². The van der Waals surface area contributed by atoms with Gasteiger partial charge in [0.15, 0.2) is 0 Å². The Hall–Kier alpha value is -6.48. The average Bonchev–Trinajstić information content (AvgIpc) is 3.88. The molecule has 0 saturated carbocycles. The Morgan fingerprint density at radius 1 is 0.537 bits per heavy atom. The molecule has 12 rings (SSSR count). The van der Waals surface area contributed by atoms with Crippen LogP contribution in [0.1, 0.15) is 29.5 Å². The Labute approximate surface area is 317 Å². The van der Waals surface area contributed by atoms with E-state index in [-0.39, 0.29) is 0 Å². The lowest BCUT2D eigenvalue weighted by atomic mass is 9.92. The molecule has 0 radical (unpaired) electrons. The van der Waals surface area contributed by atoms with Crippen LogP contribution in [0.3, 0.4) is 0 Å². The van der Waals surface area contributed by atoms with Crippen LogP contribution in [-0.2, 0) is 0 Å². The second-order valence-corrected chi connectivity index (χ2v) is 15.8. The first-order valence-electron chi connectivity index (χ1n) is 18.9. The van der Waals surface area contributed by atoms with Gasteiger partial charge in [-0.3, -0.25) is 0 Å². The summed E-state index contributed by atoms with van der Waals surface area (Å²) in [6.45, 7) is 0. The standard InChI is InChI=1S/C52H33NS/c1-3-13-35-27-32(21-22-33(35)11-1)28-45-39-15-5-6-16-40(39)46-30-37(24-26-41(45)46)44-31-49-51(43-18-8-10-20-48(43)54-49)52-50(44)42-17-7-9-19-47(42)53(52)38-25-23-34-12-2-4-14-36(34)29-38/h1-5,7-15,17-31H,6,16H2/b45-28+. The number of nitrogens with zero attached hydrogens (tertiary/aromatic N) is 1. The maximum atomic E-state index is 2.53. The molecule has 0 N–H and O–H groups in total. The van der Waals surface area contributed by atoms with Crippen molar-refractivity contribution in [1.82, 2.24) is 4.57 Å². The maximum Gasteiger partial charge on any atom is 0.0640 e. The van der Waals surface area contributed by atoms with Crippen molar-refractivity contribution in [1.29, 1.82) is 0 Å². The van der Waals surface area contributed by atoms with E-state index in [1.807, 2.05) is 11.3 Å². The molecular weight excluding hydrogens is 671 g/mol. The molecule has 0 bridgehead atoms. The minimum atomic E-state index is 1.06. The van der Waals surface area contributed by atoms with Crippen LogP contribution in [0.2, 0.25) is 0 Å². The lowest BCUT2D eigenvalue weighted by molar-refractivity contribution is 1.05. The van der Waals surface area contributed by atoms with Crippen molar-refractivity contribution in [3.8, 4) is 16.8 Å². The van der Waals surface area contributed by atoms with Crippen LogP contribution in [0.25, 0.3) is 97.6 Å². The normalized spacial score (nSPS) is 14.8. The minimum Gasteiger partial charge on any atom is -0.309 e. The molecule has 10 aromatic rings. The number of para-hydroxylation sites is 1. The van der Waals surface area contributed by atoms with Crippen LogP contribution in [0.15, 0.2) is 175 Å². The van der Waals surface area contributed by atoms with Gasteiger partial charge in [-0.25, -0.2) is 0 Å². The lowest BCUT2D eigenvalue weighted by Crippen LogP contribution is -1.95. The van der Waals surface area contributed by atoms with E-state index >= 15 is 0 Å². The van der Waals surface area contributed by atoms with Gasteiger partial charge in [-0.05, 0) is 127 Å². The van der Waals surface area contributed by atoms with Crippen molar-refractivity contribution in [3.63, 3.8) is 0 Å². The lowest BCUT2D eigenvalue weighted by Gasteiger charge is -2.13. The summed E-state index contributed by atoms with van der Waals surface area (Å²) in [5.74, 6) is 0. The predicted octanol–water partition coefficient (Wildman–Crippen LogP) is 14.8. The van der Waals surface area contributed by atoms with E-state index in [1.165, 1.54) is 114 Å². The highest BCUT2D eigenvalue weighted by atomic mass is 32.1. The van der Waals surface area contributed by atoms with Crippen LogP contribution < -0.4 is 0 Å². The third-order valence-electron chi connectivity index (χ3n) is 11.8. The largest absolute Gasteiger partial charge is 0.309 e. The van der Waals surface area contributed by atoms with E-state index in [0.29, 0.717) is 0 Å². The van der Waals surface area contributed by atoms with Gasteiger partial charge in [-0.1, -0.05) is 127 Å². The molecule has 0 saturated heterocycles. The second kappa shape index (κ2) is 11.5. The summed E-state index contributed by atoms with van der Waals surface area (Å²) < 4.78 is 5.18. The van der Waals surface area contributed by atoms with Gasteiger partial charge in [-0.15, -0.1) is 11.3 Å². The summed E-state index contributed by atoms with van der Waals surface area (Å²) >= 11 is 1.91. The van der Waals surface area contributed by atoms with E-state index in [1.54, 1.807) is 0 Å². The number of fused-ring (bicyclic) bond motifs is 11. The van der Waals surface area contributed by atoms with Gasteiger partial charge in [0.2, 0.25) is 0 Å². The fourth-order valence-electron chi connectivity index (χ4n) is 9.33. The van der Waals surface area contributed by atoms with Gasteiger partial charge in [0, 0.05) is 36.6 Å². The third kappa shape index (κ3) is 4.38. The number of hydrogen-bond acceptors (Lipinski definition) is 1. The molecule has 8 aromatic carbocycles. The van der Waals surface area contributed by atoms with Crippen LogP contribution >= 0.6 is 11.3 Å². The summed E-state index contributed by atoms with van der Waals surface area (Å²) in [5.41, 5.74) is 14.4. The van der Waals surface area contributed by atoms with E-state index in [0.717, 1.165) is 12.8 Å². The van der Waals surface area contributed by atoms with Gasteiger partial charge in [0.1, 0.15) is 0 Å². The van der Waals surface area contributed by atoms with Gasteiger partial charge in [0.25, 0.3) is 0 Å². The SMILES string of the molecule is C1=CC2=C(CC1)c1cc(-c3cc4sc5ccccc5c4c4c3c3ccccc3n4-c3ccc4ccccc4c3)ccc1/C2=C/c1ccc2ccccc2c1. The molecule has 54 heavy (non-hydrogen) atoms. The predicted molar refractivity (Wildman–Crippen MR) is 234 cm³/mol. The summed E-state index contributed by atoms with van der Waals surface area (Å²) in [6, 6.07) is 58.8. The first-order valence-corrected chi connectivity index (χ1v) is 19.7. The van der Waals surface area contributed by atoms with Crippen molar-refractivity contribution in [3.05, 3.63) is 192 Å². The number of rotatable bonds is 3. The fraction of sp³-hybridized carbons (Fsp3) is 0.0385. The molecule has 0 atom stereocenters. The number of benzene rings is 8. The molecule has 0 fully saturated rings. The Balaban J connectivity index is 1.14. The topological polar surface area (TPSA) is 4.93 Å². The smallest absolute Gasteiger partial charge is 0.0640 e. The van der Waals surface area contributed by atoms with Gasteiger partial charge in [-0.2, -0.15) is 0 Å². The number of hydrogen-bond donors (Lipinski definition) is 0. The first kappa shape index (κ1) is 30.0. The van der Waals surface area contributed by atoms with Crippen molar-refractivity contribution in [2.75, 3.05) is 0 Å². The molecule has 2 heterocycles. The van der Waals surface area contributed by atoms with Crippen molar-refractivity contribution < 1.29 is 0 Å². The Bertz CT molecular complexity index is 3330. The molecule has 2 heteroatoms. The number of aromatic nitrogens is 1. The Kier molecular flexibility index (Phi) is 6.40. The van der Waals surface area contributed by atoms with Crippen molar-refractivity contribution in [2.45, 2.75) is 12.8 Å². The van der Waals surface area contributed by atoms with Crippen LogP contribution in [0.4, 0.5) is 0 Å². The molecule has 1 nitrogen and oxygen atoms in total. The summed E-state index contributed by atoms with van der Waals surface area (Å²) in [6.07, 6.45) is 9.25. The van der Waals surface area contributed by atoms with Gasteiger partial charge >= 0.3 is 0 Å². The number of thiophene rings is 1. The van der Waals surface area contributed by atoms with Gasteiger partial charge in [0.05, 0.1) is 11.0 Å². The summed E-state index contributed by atoms with van der Waals surface area (Å²) in [5, 5.41) is 10.3. The van der Waals surface area contributed by atoms with Crippen LogP contribution in [-0.4, -0.2) is 4.57 Å². The van der Waals surface area contributed by atoms with Crippen molar-refractivity contribution in [2.24, 2.45) is 0 Å². The molecule has 2 aliphatic rings. The molecular formula is C52H33NS. The molecule has 0 spiro atoms. The quantitative estimate of drug-likeness (QED) is 0.173. The highest BCUT2D eigenvalue weighted by Crippen LogP contribution is 2.51. The third-order valence-corrected chi connectivity index (χ3v) is 12.9. The fourth-order valence-corrected chi connectivity index (χ4v) is 10.5. The zero-order valence-electron chi connectivity index (χ0n) is 29.5. The Morgan fingerprint density at radius 3 is 2.15 bits per heavy atom. The zero-order valence-corrected chi connectivity index (χ0v) is 30.3. The highest BCUT2D eigenvalue weighted by Gasteiger charge is 2.28. The van der Waals surface area contributed by atoms with Gasteiger partial charge < -0.3 is 4.57 Å². The molecule has 252 valence electrons. The second-order valence-electron chi connectivity index (χ2n) is 14.8. The summed E-state index contributed by atoms with van der Waals surface area (Å²) in [7, 11) is 0.